The van der Waals surface area contributed by atoms with E-state index in [1.165, 1.54) is 7.11 Å². The molecule has 1 aliphatic rings. The third-order valence-electron chi connectivity index (χ3n) is 3.52. The Hall–Kier alpha value is -0.690. The predicted molar refractivity (Wildman–Crippen MR) is 72.0 cm³/mol. The van der Waals surface area contributed by atoms with Crippen LogP contribution in [0.5, 0.6) is 0 Å². The van der Waals surface area contributed by atoms with Crippen molar-refractivity contribution in [3.05, 3.63) is 0 Å². The number of esters is 1. The fourth-order valence-electron chi connectivity index (χ4n) is 2.17. The van der Waals surface area contributed by atoms with Gasteiger partial charge in [0.15, 0.2) is 6.29 Å². The summed E-state index contributed by atoms with van der Waals surface area (Å²) >= 11 is 0. The minimum atomic E-state index is -0.807. The third kappa shape index (κ3) is 5.75. The van der Waals surface area contributed by atoms with E-state index in [2.05, 4.69) is 4.74 Å². The van der Waals surface area contributed by atoms with Crippen molar-refractivity contribution in [3.8, 4) is 0 Å². The summed E-state index contributed by atoms with van der Waals surface area (Å²) in [4.78, 5) is 11.0. The number of aliphatic hydroxyl groups is 2. The highest BCUT2D eigenvalue weighted by molar-refractivity contribution is 5.68. The molecular weight excluding hydrogens is 264 g/mol. The van der Waals surface area contributed by atoms with Crippen LogP contribution in [0.25, 0.3) is 0 Å². The van der Waals surface area contributed by atoms with Crippen molar-refractivity contribution in [2.45, 2.75) is 76.7 Å². The number of carbonyl (C=O) groups excluding carboxylic acids is 1. The number of hydrogen-bond donors (Lipinski definition) is 2. The highest BCUT2D eigenvalue weighted by Gasteiger charge is 2.35. The molecule has 0 aromatic carbocycles. The lowest BCUT2D eigenvalue weighted by molar-refractivity contribution is -0.273. The lowest BCUT2D eigenvalue weighted by atomic mass is 10.0. The topological polar surface area (TPSA) is 85.2 Å². The van der Waals surface area contributed by atoms with Crippen molar-refractivity contribution < 1.29 is 29.2 Å². The predicted octanol–water partition coefficient (Wildman–Crippen LogP) is 0.982. The van der Waals surface area contributed by atoms with Gasteiger partial charge in [-0.15, -0.1) is 0 Å². The Morgan fingerprint density at radius 2 is 2.05 bits per heavy atom. The van der Waals surface area contributed by atoms with Gasteiger partial charge >= 0.3 is 5.97 Å². The van der Waals surface area contributed by atoms with Crippen molar-refractivity contribution >= 4 is 5.97 Å². The van der Waals surface area contributed by atoms with E-state index < -0.39 is 18.5 Å². The summed E-state index contributed by atoms with van der Waals surface area (Å²) in [5.41, 5.74) is 0. The van der Waals surface area contributed by atoms with Crippen LogP contribution in [0.2, 0.25) is 0 Å². The standard InChI is InChI=1S/C14H26O6/c1-9(6-4-5-7-13(17)18-3)19-14-12(16)8-11(15)10(2)20-14/h9-12,14-16H,4-8H2,1-3H3/t9?,10-,11+,12+,14+/m0/s1. The molecule has 0 amide bonds. The van der Waals surface area contributed by atoms with Gasteiger partial charge in [0, 0.05) is 12.8 Å². The fourth-order valence-corrected chi connectivity index (χ4v) is 2.17. The highest BCUT2D eigenvalue weighted by atomic mass is 16.7. The molecule has 1 rings (SSSR count). The summed E-state index contributed by atoms with van der Waals surface area (Å²) in [5, 5.41) is 19.4. The number of hydrogen-bond acceptors (Lipinski definition) is 6. The van der Waals surface area contributed by atoms with Gasteiger partial charge in [-0.1, -0.05) is 6.42 Å². The molecule has 0 aromatic heterocycles. The molecule has 1 saturated heterocycles. The maximum atomic E-state index is 11.0. The SMILES string of the molecule is COC(=O)CCCCC(C)O[C@@H]1O[C@@H](C)[C@H](O)C[C@H]1O. The van der Waals surface area contributed by atoms with Crippen molar-refractivity contribution in [2.24, 2.45) is 0 Å². The van der Waals surface area contributed by atoms with Crippen LogP contribution in [0, 0.1) is 0 Å². The first-order chi connectivity index (χ1) is 9.43. The molecule has 5 atom stereocenters. The number of rotatable bonds is 7. The molecule has 2 N–H and O–H groups in total. The van der Waals surface area contributed by atoms with Crippen LogP contribution in [0.3, 0.4) is 0 Å². The molecule has 20 heavy (non-hydrogen) atoms. The smallest absolute Gasteiger partial charge is 0.305 e. The Labute approximate surface area is 120 Å². The quantitative estimate of drug-likeness (QED) is 0.537. The van der Waals surface area contributed by atoms with Crippen molar-refractivity contribution in [1.82, 2.24) is 0 Å². The van der Waals surface area contributed by atoms with Crippen LogP contribution in [-0.4, -0.2) is 54.0 Å². The normalized spacial score (nSPS) is 31.9. The summed E-state index contributed by atoms with van der Waals surface area (Å²) in [6.07, 6.45) is 0.490. The van der Waals surface area contributed by atoms with E-state index in [1.54, 1.807) is 6.92 Å². The molecule has 1 fully saturated rings. The number of methoxy groups -OCH3 is 1. The van der Waals surface area contributed by atoms with Crippen molar-refractivity contribution in [2.75, 3.05) is 7.11 Å². The van der Waals surface area contributed by atoms with Gasteiger partial charge in [0.1, 0.15) is 6.10 Å². The molecule has 1 heterocycles. The molecule has 0 saturated carbocycles. The maximum Gasteiger partial charge on any atom is 0.305 e. The van der Waals surface area contributed by atoms with Gasteiger partial charge in [0.05, 0.1) is 25.4 Å². The summed E-state index contributed by atoms with van der Waals surface area (Å²) in [5.74, 6) is -0.201. The second kappa shape index (κ2) is 8.56. The van der Waals surface area contributed by atoms with E-state index in [0.717, 1.165) is 19.3 Å². The van der Waals surface area contributed by atoms with E-state index in [-0.39, 0.29) is 24.6 Å². The molecule has 6 nitrogen and oxygen atoms in total. The molecule has 0 bridgehead atoms. The third-order valence-corrected chi connectivity index (χ3v) is 3.52. The Bertz CT molecular complexity index is 295. The van der Waals surface area contributed by atoms with E-state index in [4.69, 9.17) is 9.47 Å². The minimum Gasteiger partial charge on any atom is -0.469 e. The largest absolute Gasteiger partial charge is 0.469 e. The molecule has 0 spiro atoms. The van der Waals surface area contributed by atoms with Crippen LogP contribution >= 0.6 is 0 Å². The highest BCUT2D eigenvalue weighted by Crippen LogP contribution is 2.23. The number of unbranched alkanes of at least 4 members (excludes halogenated alkanes) is 1. The van der Waals surface area contributed by atoms with Crippen LogP contribution in [0.1, 0.15) is 46.0 Å². The molecule has 118 valence electrons. The summed E-state index contributed by atoms with van der Waals surface area (Å²) in [6, 6.07) is 0. The first kappa shape index (κ1) is 17.4. The Balaban J connectivity index is 2.21. The lowest BCUT2D eigenvalue weighted by Gasteiger charge is -2.36. The molecule has 0 aliphatic carbocycles. The maximum absolute atomic E-state index is 11.0. The Morgan fingerprint density at radius 3 is 2.70 bits per heavy atom. The molecular formula is C14H26O6. The average Bonchev–Trinajstić information content (AvgIpc) is 2.40. The molecule has 1 aliphatic heterocycles. The number of aliphatic hydroxyl groups excluding tert-OH is 2. The second-order valence-corrected chi connectivity index (χ2v) is 5.35. The fraction of sp³-hybridized carbons (Fsp3) is 0.929. The van der Waals surface area contributed by atoms with Crippen LogP contribution in [0.15, 0.2) is 0 Å². The van der Waals surface area contributed by atoms with E-state index in [1.807, 2.05) is 6.92 Å². The van der Waals surface area contributed by atoms with Gasteiger partial charge in [-0.3, -0.25) is 4.79 Å². The molecule has 6 heteroatoms. The monoisotopic (exact) mass is 290 g/mol. The van der Waals surface area contributed by atoms with Crippen LogP contribution in [-0.2, 0) is 19.0 Å². The van der Waals surface area contributed by atoms with E-state index >= 15 is 0 Å². The minimum absolute atomic E-state index is 0.0743. The zero-order valence-electron chi connectivity index (χ0n) is 12.4. The van der Waals surface area contributed by atoms with Gasteiger partial charge in [-0.25, -0.2) is 0 Å². The van der Waals surface area contributed by atoms with Gasteiger partial charge in [0.25, 0.3) is 0 Å². The summed E-state index contributed by atoms with van der Waals surface area (Å²) in [7, 11) is 1.38. The Kier molecular flexibility index (Phi) is 7.43. The first-order valence-electron chi connectivity index (χ1n) is 7.18. The zero-order chi connectivity index (χ0) is 15.1. The van der Waals surface area contributed by atoms with Crippen molar-refractivity contribution in [3.63, 3.8) is 0 Å². The number of carbonyl (C=O) groups is 1. The average molecular weight is 290 g/mol. The summed E-state index contributed by atoms with van der Waals surface area (Å²) < 4.78 is 15.7. The van der Waals surface area contributed by atoms with Gasteiger partial charge < -0.3 is 24.4 Å². The van der Waals surface area contributed by atoms with Gasteiger partial charge in [0.2, 0.25) is 0 Å². The van der Waals surface area contributed by atoms with Gasteiger partial charge in [-0.2, -0.15) is 0 Å². The summed E-state index contributed by atoms with van der Waals surface area (Å²) in [6.45, 7) is 3.66. The molecule has 1 unspecified atom stereocenters. The van der Waals surface area contributed by atoms with Crippen LogP contribution in [0.4, 0.5) is 0 Å². The van der Waals surface area contributed by atoms with Gasteiger partial charge in [-0.05, 0) is 26.7 Å². The van der Waals surface area contributed by atoms with Crippen molar-refractivity contribution in [1.29, 1.82) is 0 Å². The first-order valence-corrected chi connectivity index (χ1v) is 7.18. The zero-order valence-corrected chi connectivity index (χ0v) is 12.4. The van der Waals surface area contributed by atoms with Crippen LogP contribution < -0.4 is 0 Å². The van der Waals surface area contributed by atoms with E-state index in [0.29, 0.717) is 6.42 Å². The lowest BCUT2D eigenvalue weighted by Crippen LogP contribution is -2.48. The van der Waals surface area contributed by atoms with E-state index in [9.17, 15) is 15.0 Å². The number of ether oxygens (including phenoxy) is 3. The molecule has 0 radical (unpaired) electrons. The Morgan fingerprint density at radius 1 is 1.35 bits per heavy atom. The second-order valence-electron chi connectivity index (χ2n) is 5.35. The molecule has 0 aromatic rings.